The lowest BCUT2D eigenvalue weighted by Gasteiger charge is -2.21. The summed E-state index contributed by atoms with van der Waals surface area (Å²) in [6, 6.07) is 0. The molecule has 3 N–H and O–H groups in total. The molecule has 84 heavy (non-hydrogen) atoms. The highest BCUT2D eigenvalue weighted by atomic mass is 31.2. The molecule has 5 atom stereocenters. The van der Waals surface area contributed by atoms with Gasteiger partial charge < -0.3 is 33.8 Å². The Hall–Kier alpha value is -1.94. The van der Waals surface area contributed by atoms with Crippen LogP contribution in [0.1, 0.15) is 324 Å². The predicted molar refractivity (Wildman–Crippen MR) is 335 cm³/mol. The predicted octanol–water partition coefficient (Wildman–Crippen LogP) is 18.0. The number of aliphatic hydroxyl groups excluding tert-OH is 1. The SMILES string of the molecule is CCCCCCCCCCCCCC(=O)OC[C@H](COP(=O)(O)OC[C@@H](O)COP(=O)(O)OC[C@@H](COC(=O)CCCCCCCCCCCC)OC(=O)CCCCCCCCCC(C)C)OC(=O)CCCCCCCCCCCCC(C)C. The van der Waals surface area contributed by atoms with Crippen LogP contribution in [0.15, 0.2) is 0 Å². The van der Waals surface area contributed by atoms with E-state index in [0.717, 1.165) is 95.8 Å². The number of rotatable bonds is 64. The number of carbonyl (C=O) groups excluding carboxylic acids is 4. The number of carbonyl (C=O) groups is 4. The summed E-state index contributed by atoms with van der Waals surface area (Å²) in [5.74, 6) is -0.685. The molecule has 0 saturated carbocycles. The minimum atomic E-state index is -4.94. The quantitative estimate of drug-likeness (QED) is 0.0222. The topological polar surface area (TPSA) is 237 Å². The van der Waals surface area contributed by atoms with Gasteiger partial charge >= 0.3 is 39.5 Å². The molecule has 2 unspecified atom stereocenters. The number of phosphoric ester groups is 2. The first-order valence-corrected chi connectivity index (χ1v) is 37.0. The van der Waals surface area contributed by atoms with Gasteiger partial charge in [0.1, 0.15) is 19.3 Å². The Labute approximate surface area is 511 Å². The van der Waals surface area contributed by atoms with E-state index in [2.05, 4.69) is 41.5 Å². The second-order valence-corrected chi connectivity index (χ2v) is 27.4. The van der Waals surface area contributed by atoms with Crippen molar-refractivity contribution in [3.8, 4) is 0 Å². The molecule has 0 spiro atoms. The maximum atomic E-state index is 13.0. The number of ether oxygens (including phenoxy) is 4. The number of aliphatic hydroxyl groups is 1. The molecule has 498 valence electrons. The zero-order valence-corrected chi connectivity index (χ0v) is 56.0. The fourth-order valence-corrected chi connectivity index (χ4v) is 11.3. The van der Waals surface area contributed by atoms with Crippen LogP contribution in [0, 0.1) is 11.8 Å². The van der Waals surface area contributed by atoms with Gasteiger partial charge in [-0.1, -0.05) is 273 Å². The van der Waals surface area contributed by atoms with Crippen molar-refractivity contribution in [2.75, 3.05) is 39.6 Å². The number of phosphoric acid groups is 2. The van der Waals surface area contributed by atoms with Gasteiger partial charge in [0, 0.05) is 25.7 Å². The third kappa shape index (κ3) is 59.0. The van der Waals surface area contributed by atoms with E-state index in [4.69, 9.17) is 37.0 Å². The first-order valence-electron chi connectivity index (χ1n) is 34.0. The molecular weight excluding hydrogens is 1110 g/mol. The fourth-order valence-electron chi connectivity index (χ4n) is 9.71. The van der Waals surface area contributed by atoms with Crippen LogP contribution in [-0.2, 0) is 65.4 Å². The number of esters is 4. The molecule has 0 heterocycles. The van der Waals surface area contributed by atoms with E-state index in [-0.39, 0.29) is 25.7 Å². The van der Waals surface area contributed by atoms with Gasteiger partial charge in [-0.25, -0.2) is 9.13 Å². The van der Waals surface area contributed by atoms with Crippen LogP contribution in [0.4, 0.5) is 0 Å². The van der Waals surface area contributed by atoms with E-state index in [0.29, 0.717) is 31.6 Å². The minimum absolute atomic E-state index is 0.103. The molecule has 0 rings (SSSR count). The molecule has 0 aliphatic heterocycles. The molecule has 0 aromatic heterocycles. The van der Waals surface area contributed by atoms with Crippen molar-refractivity contribution in [1.82, 2.24) is 0 Å². The van der Waals surface area contributed by atoms with E-state index < -0.39 is 97.5 Å². The smallest absolute Gasteiger partial charge is 0.462 e. The molecule has 0 aliphatic rings. The lowest BCUT2D eigenvalue weighted by atomic mass is 10.0. The first-order chi connectivity index (χ1) is 40.4. The maximum absolute atomic E-state index is 13.0. The number of unbranched alkanes of at least 4 members (excludes halogenated alkanes) is 34. The molecule has 0 radical (unpaired) electrons. The molecule has 0 bridgehead atoms. The van der Waals surface area contributed by atoms with Gasteiger partial charge in [-0.3, -0.25) is 37.3 Å². The normalized spacial score (nSPS) is 14.3. The van der Waals surface area contributed by atoms with Crippen molar-refractivity contribution in [1.29, 1.82) is 0 Å². The van der Waals surface area contributed by atoms with Crippen molar-refractivity contribution in [3.05, 3.63) is 0 Å². The zero-order chi connectivity index (χ0) is 62.2. The lowest BCUT2D eigenvalue weighted by molar-refractivity contribution is -0.161. The molecule has 17 nitrogen and oxygen atoms in total. The number of hydrogen-bond acceptors (Lipinski definition) is 15. The van der Waals surface area contributed by atoms with Crippen LogP contribution in [0.3, 0.4) is 0 Å². The third-order valence-corrected chi connectivity index (χ3v) is 16.9. The molecular formula is C65H126O17P2. The Morgan fingerprint density at radius 1 is 0.321 bits per heavy atom. The van der Waals surface area contributed by atoms with Gasteiger partial charge in [-0.15, -0.1) is 0 Å². The van der Waals surface area contributed by atoms with Gasteiger partial charge in [-0.05, 0) is 37.5 Å². The van der Waals surface area contributed by atoms with Crippen LogP contribution in [0.25, 0.3) is 0 Å². The molecule has 0 aliphatic carbocycles. The van der Waals surface area contributed by atoms with Crippen LogP contribution in [0.2, 0.25) is 0 Å². The summed E-state index contributed by atoms with van der Waals surface area (Å²) in [4.78, 5) is 72.2. The van der Waals surface area contributed by atoms with E-state index >= 15 is 0 Å². The minimum Gasteiger partial charge on any atom is -0.462 e. The highest BCUT2D eigenvalue weighted by molar-refractivity contribution is 7.47. The van der Waals surface area contributed by atoms with Gasteiger partial charge in [0.05, 0.1) is 26.4 Å². The van der Waals surface area contributed by atoms with Gasteiger partial charge in [-0.2, -0.15) is 0 Å². The second kappa shape index (κ2) is 57.5. The van der Waals surface area contributed by atoms with Gasteiger partial charge in [0.15, 0.2) is 12.2 Å². The standard InChI is InChI=1S/C65H126O17P2/c1-7-9-11-13-15-17-19-24-30-36-42-48-63(68)76-53-60(81-64(69)49-43-37-31-25-21-20-22-27-33-39-45-57(3)4)55-79-83(71,72)77-51-59(66)52-78-84(73,74)80-56-61(82-65(70)50-44-38-32-26-28-34-40-46-58(5)6)54-75-62(67)47-41-35-29-23-18-16-14-12-10-8-2/h57-61,66H,7-56H2,1-6H3,(H,71,72)(H,73,74)/t59-,60-,61-/m1/s1. The summed E-state index contributed by atoms with van der Waals surface area (Å²) >= 11 is 0. The highest BCUT2D eigenvalue weighted by Gasteiger charge is 2.30. The summed E-state index contributed by atoms with van der Waals surface area (Å²) in [5.41, 5.74) is 0. The Bertz CT molecular complexity index is 1650. The molecule has 0 aromatic rings. The molecule has 0 fully saturated rings. The van der Waals surface area contributed by atoms with Crippen molar-refractivity contribution < 1.29 is 80.2 Å². The monoisotopic (exact) mass is 1240 g/mol. The Kier molecular flexibility index (Phi) is 56.2. The summed E-state index contributed by atoms with van der Waals surface area (Å²) in [7, 11) is -9.89. The van der Waals surface area contributed by atoms with Crippen molar-refractivity contribution in [2.24, 2.45) is 11.8 Å². The Morgan fingerprint density at radius 3 is 0.810 bits per heavy atom. The fraction of sp³-hybridized carbons (Fsp3) is 0.938. The van der Waals surface area contributed by atoms with Crippen LogP contribution in [-0.4, -0.2) is 96.7 Å². The third-order valence-electron chi connectivity index (χ3n) is 15.0. The summed E-state index contributed by atoms with van der Waals surface area (Å²) in [5, 5.41) is 10.5. The molecule has 0 aromatic carbocycles. The van der Waals surface area contributed by atoms with Crippen molar-refractivity contribution in [3.63, 3.8) is 0 Å². The largest absolute Gasteiger partial charge is 0.472 e. The lowest BCUT2D eigenvalue weighted by Crippen LogP contribution is -2.30. The summed E-state index contributed by atoms with van der Waals surface area (Å²) in [6.07, 6.45) is 40.3. The Morgan fingerprint density at radius 2 is 0.548 bits per heavy atom. The van der Waals surface area contributed by atoms with E-state index in [1.54, 1.807) is 0 Å². The van der Waals surface area contributed by atoms with E-state index in [1.807, 2.05) is 0 Å². The molecule has 19 heteroatoms. The second-order valence-electron chi connectivity index (χ2n) is 24.5. The number of hydrogen-bond donors (Lipinski definition) is 3. The van der Waals surface area contributed by atoms with Gasteiger partial charge in [0.2, 0.25) is 0 Å². The summed E-state index contributed by atoms with van der Waals surface area (Å²) in [6.45, 7) is 9.42. The molecule has 0 saturated heterocycles. The van der Waals surface area contributed by atoms with Crippen LogP contribution in [0.5, 0.6) is 0 Å². The Balaban J connectivity index is 5.24. The molecule has 0 amide bonds. The van der Waals surface area contributed by atoms with Crippen LogP contribution >= 0.6 is 15.6 Å². The van der Waals surface area contributed by atoms with Crippen LogP contribution < -0.4 is 0 Å². The highest BCUT2D eigenvalue weighted by Crippen LogP contribution is 2.45. The van der Waals surface area contributed by atoms with E-state index in [9.17, 15) is 43.2 Å². The first kappa shape index (κ1) is 82.1. The van der Waals surface area contributed by atoms with E-state index in [1.165, 1.54) is 141 Å². The van der Waals surface area contributed by atoms with Gasteiger partial charge in [0.25, 0.3) is 0 Å². The van der Waals surface area contributed by atoms with Crippen molar-refractivity contribution >= 4 is 39.5 Å². The average molecular weight is 1240 g/mol. The summed E-state index contributed by atoms with van der Waals surface area (Å²) < 4.78 is 68.0. The van der Waals surface area contributed by atoms with Crippen molar-refractivity contribution in [2.45, 2.75) is 342 Å². The zero-order valence-electron chi connectivity index (χ0n) is 54.2. The average Bonchev–Trinajstić information content (AvgIpc) is 3.47. The maximum Gasteiger partial charge on any atom is 0.472 e.